The third-order valence-corrected chi connectivity index (χ3v) is 4.69. The Hall–Kier alpha value is -2.17. The van der Waals surface area contributed by atoms with E-state index in [9.17, 15) is 4.79 Å². The van der Waals surface area contributed by atoms with Crippen molar-refractivity contribution in [3.8, 4) is 11.1 Å². The van der Waals surface area contributed by atoms with Crippen molar-refractivity contribution in [1.29, 1.82) is 0 Å². The van der Waals surface area contributed by atoms with Gasteiger partial charge in [0.15, 0.2) is 0 Å². The number of esters is 1. The number of benzene rings is 2. The molecule has 0 atom stereocenters. The summed E-state index contributed by atoms with van der Waals surface area (Å²) in [6.45, 7) is 7.35. The predicted octanol–water partition coefficient (Wildman–Crippen LogP) is 3.28. The molecule has 4 nitrogen and oxygen atoms in total. The van der Waals surface area contributed by atoms with Crippen molar-refractivity contribution in [2.24, 2.45) is 0 Å². The van der Waals surface area contributed by atoms with Gasteiger partial charge in [0.2, 0.25) is 0 Å². The summed E-state index contributed by atoms with van der Waals surface area (Å²) in [6, 6.07) is 16.3. The van der Waals surface area contributed by atoms with Gasteiger partial charge in [-0.1, -0.05) is 36.4 Å². The summed E-state index contributed by atoms with van der Waals surface area (Å²) >= 11 is 0. The molecule has 0 saturated carbocycles. The summed E-state index contributed by atoms with van der Waals surface area (Å²) in [5.41, 5.74) is 4.18. The highest BCUT2D eigenvalue weighted by Crippen LogP contribution is 2.26. The highest BCUT2D eigenvalue weighted by molar-refractivity contribution is 5.90. The molecule has 1 fully saturated rings. The first-order chi connectivity index (χ1) is 12.2. The second kappa shape index (κ2) is 8.28. The molecule has 0 aliphatic carbocycles. The molecular formula is C21H26N2O2. The zero-order chi connectivity index (χ0) is 17.6. The lowest BCUT2D eigenvalue weighted by atomic mass is 9.97. The Balaban J connectivity index is 1.90. The molecule has 0 unspecified atom stereocenters. The number of hydrogen-bond donors (Lipinski definition) is 0. The van der Waals surface area contributed by atoms with E-state index in [-0.39, 0.29) is 5.97 Å². The molecule has 0 bridgehead atoms. The Morgan fingerprint density at radius 2 is 1.76 bits per heavy atom. The maximum atomic E-state index is 12.1. The monoisotopic (exact) mass is 338 g/mol. The van der Waals surface area contributed by atoms with Crippen LogP contribution in [0.3, 0.4) is 0 Å². The van der Waals surface area contributed by atoms with Gasteiger partial charge in [0.25, 0.3) is 0 Å². The summed E-state index contributed by atoms with van der Waals surface area (Å²) in [6.07, 6.45) is 0. The number of hydrogen-bond acceptors (Lipinski definition) is 4. The van der Waals surface area contributed by atoms with E-state index >= 15 is 0 Å². The quantitative estimate of drug-likeness (QED) is 0.783. The van der Waals surface area contributed by atoms with E-state index in [1.165, 1.54) is 16.7 Å². The maximum Gasteiger partial charge on any atom is 0.338 e. The molecule has 1 aliphatic rings. The van der Waals surface area contributed by atoms with Crippen LogP contribution in [-0.2, 0) is 11.3 Å². The van der Waals surface area contributed by atoms with E-state index in [1.54, 1.807) is 0 Å². The van der Waals surface area contributed by atoms with Crippen LogP contribution in [-0.4, -0.2) is 55.6 Å². The fourth-order valence-corrected chi connectivity index (χ4v) is 3.21. The van der Waals surface area contributed by atoms with Crippen LogP contribution in [0.4, 0.5) is 0 Å². The Morgan fingerprint density at radius 3 is 2.44 bits per heavy atom. The number of carbonyl (C=O) groups excluding carboxylic acids is 1. The topological polar surface area (TPSA) is 32.8 Å². The van der Waals surface area contributed by atoms with E-state index in [1.807, 2.05) is 43.3 Å². The summed E-state index contributed by atoms with van der Waals surface area (Å²) in [7, 11) is 2.16. The van der Waals surface area contributed by atoms with E-state index in [0.29, 0.717) is 12.2 Å². The molecule has 0 amide bonds. The normalized spacial score (nSPS) is 15.9. The third kappa shape index (κ3) is 4.47. The van der Waals surface area contributed by atoms with Crippen LogP contribution in [0.2, 0.25) is 0 Å². The average molecular weight is 338 g/mol. The molecule has 3 rings (SSSR count). The highest BCUT2D eigenvalue weighted by Gasteiger charge is 2.17. The number of likely N-dealkylation sites (N-methyl/N-ethyl adjacent to an activating group) is 1. The fraction of sp³-hybridized carbons (Fsp3) is 0.381. The molecule has 0 aromatic heterocycles. The zero-order valence-electron chi connectivity index (χ0n) is 15.1. The van der Waals surface area contributed by atoms with E-state index in [2.05, 4.69) is 29.0 Å². The first-order valence-corrected chi connectivity index (χ1v) is 8.93. The van der Waals surface area contributed by atoms with Crippen LogP contribution >= 0.6 is 0 Å². The summed E-state index contributed by atoms with van der Waals surface area (Å²) in [5, 5.41) is 0. The Morgan fingerprint density at radius 1 is 1.04 bits per heavy atom. The van der Waals surface area contributed by atoms with Gasteiger partial charge in [-0.05, 0) is 42.8 Å². The molecule has 1 heterocycles. The molecule has 0 N–H and O–H groups in total. The van der Waals surface area contributed by atoms with E-state index in [0.717, 1.165) is 32.7 Å². The van der Waals surface area contributed by atoms with Crippen molar-refractivity contribution in [3.63, 3.8) is 0 Å². The minimum absolute atomic E-state index is 0.248. The largest absolute Gasteiger partial charge is 0.462 e. The maximum absolute atomic E-state index is 12.1. The first-order valence-electron chi connectivity index (χ1n) is 8.93. The number of ether oxygens (including phenoxy) is 1. The van der Waals surface area contributed by atoms with Gasteiger partial charge in [0.1, 0.15) is 0 Å². The standard InChI is InChI=1S/C21H26N2O2/c1-3-25-21(24)18-9-10-20(17-7-5-4-6-8-17)19(15-18)16-23-13-11-22(2)12-14-23/h4-10,15H,3,11-14,16H2,1-2H3. The minimum atomic E-state index is -0.248. The number of rotatable bonds is 5. The number of piperazine rings is 1. The molecule has 1 aliphatic heterocycles. The minimum Gasteiger partial charge on any atom is -0.462 e. The molecule has 0 radical (unpaired) electrons. The van der Waals surface area contributed by atoms with Crippen molar-refractivity contribution in [2.75, 3.05) is 39.8 Å². The van der Waals surface area contributed by atoms with E-state index < -0.39 is 0 Å². The van der Waals surface area contributed by atoms with Gasteiger partial charge in [0.05, 0.1) is 12.2 Å². The van der Waals surface area contributed by atoms with Gasteiger partial charge < -0.3 is 9.64 Å². The SMILES string of the molecule is CCOC(=O)c1ccc(-c2ccccc2)c(CN2CCN(C)CC2)c1. The molecule has 1 saturated heterocycles. The third-order valence-electron chi connectivity index (χ3n) is 4.69. The molecule has 2 aromatic carbocycles. The van der Waals surface area contributed by atoms with Crippen LogP contribution in [0.15, 0.2) is 48.5 Å². The second-order valence-corrected chi connectivity index (χ2v) is 6.54. The van der Waals surface area contributed by atoms with Crippen LogP contribution in [0.5, 0.6) is 0 Å². The second-order valence-electron chi connectivity index (χ2n) is 6.54. The highest BCUT2D eigenvalue weighted by atomic mass is 16.5. The molecular weight excluding hydrogens is 312 g/mol. The number of carbonyl (C=O) groups is 1. The van der Waals surface area contributed by atoms with Crippen molar-refractivity contribution < 1.29 is 9.53 Å². The van der Waals surface area contributed by atoms with Crippen molar-refractivity contribution >= 4 is 5.97 Å². The van der Waals surface area contributed by atoms with Gasteiger partial charge >= 0.3 is 5.97 Å². The van der Waals surface area contributed by atoms with Gasteiger partial charge in [-0.2, -0.15) is 0 Å². The summed E-state index contributed by atoms with van der Waals surface area (Å²) < 4.78 is 5.17. The number of nitrogens with zero attached hydrogens (tertiary/aromatic N) is 2. The van der Waals surface area contributed by atoms with Crippen LogP contribution in [0.1, 0.15) is 22.8 Å². The smallest absolute Gasteiger partial charge is 0.338 e. The van der Waals surface area contributed by atoms with Crippen LogP contribution < -0.4 is 0 Å². The van der Waals surface area contributed by atoms with Gasteiger partial charge in [0, 0.05) is 32.7 Å². The molecule has 4 heteroatoms. The van der Waals surface area contributed by atoms with Gasteiger partial charge in [-0.15, -0.1) is 0 Å². The average Bonchev–Trinajstić information content (AvgIpc) is 2.64. The lowest BCUT2D eigenvalue weighted by Gasteiger charge is -2.32. The van der Waals surface area contributed by atoms with Crippen molar-refractivity contribution in [1.82, 2.24) is 9.80 Å². The molecule has 0 spiro atoms. The Kier molecular flexibility index (Phi) is 5.84. The van der Waals surface area contributed by atoms with Crippen molar-refractivity contribution in [2.45, 2.75) is 13.5 Å². The zero-order valence-corrected chi connectivity index (χ0v) is 15.1. The lowest BCUT2D eigenvalue weighted by molar-refractivity contribution is 0.0526. The molecule has 25 heavy (non-hydrogen) atoms. The Bertz CT molecular complexity index is 707. The fourth-order valence-electron chi connectivity index (χ4n) is 3.21. The first kappa shape index (κ1) is 17.6. The summed E-state index contributed by atoms with van der Waals surface area (Å²) in [5.74, 6) is -0.248. The van der Waals surface area contributed by atoms with Gasteiger partial charge in [-0.25, -0.2) is 4.79 Å². The van der Waals surface area contributed by atoms with Gasteiger partial charge in [-0.3, -0.25) is 4.90 Å². The van der Waals surface area contributed by atoms with Crippen LogP contribution in [0.25, 0.3) is 11.1 Å². The summed E-state index contributed by atoms with van der Waals surface area (Å²) in [4.78, 5) is 16.9. The molecule has 2 aromatic rings. The van der Waals surface area contributed by atoms with Crippen LogP contribution in [0, 0.1) is 0 Å². The van der Waals surface area contributed by atoms with E-state index in [4.69, 9.17) is 4.74 Å². The predicted molar refractivity (Wildman–Crippen MR) is 101 cm³/mol. The molecule has 132 valence electrons. The lowest BCUT2D eigenvalue weighted by Crippen LogP contribution is -2.43. The Labute approximate surface area is 150 Å². The van der Waals surface area contributed by atoms with Crippen molar-refractivity contribution in [3.05, 3.63) is 59.7 Å².